The summed E-state index contributed by atoms with van der Waals surface area (Å²) in [7, 11) is 0. The van der Waals surface area contributed by atoms with Gasteiger partial charge in [0, 0.05) is 12.3 Å². The molecule has 2 aliphatic rings. The van der Waals surface area contributed by atoms with Crippen molar-refractivity contribution in [3.8, 4) is 17.9 Å². The third kappa shape index (κ3) is 4.44. The van der Waals surface area contributed by atoms with E-state index in [1.54, 1.807) is 0 Å². The van der Waals surface area contributed by atoms with Crippen molar-refractivity contribution < 1.29 is 18.3 Å². The molecular formula is C17H21F2NO2. The average molecular weight is 309 g/mol. The van der Waals surface area contributed by atoms with E-state index in [0.717, 1.165) is 6.42 Å². The van der Waals surface area contributed by atoms with Crippen LogP contribution in [0.4, 0.5) is 8.78 Å². The van der Waals surface area contributed by atoms with Crippen LogP contribution >= 0.6 is 0 Å². The Balaban J connectivity index is 1.82. The van der Waals surface area contributed by atoms with E-state index in [1.165, 1.54) is 0 Å². The number of carbonyl (C=O) groups is 1. The standard InChI is InChI=1S/C17H21F2NO2/c1-11-2-3-12(15(18)8-11)5-7-17(21)22-14-6-4-13(10-20)16(19)9-14/h11-16H,2-4,6,8-9H2,1H3. The number of nitrogens with zero attached hydrogens (tertiary/aromatic N) is 1. The summed E-state index contributed by atoms with van der Waals surface area (Å²) in [5.74, 6) is 3.62. The van der Waals surface area contributed by atoms with Crippen LogP contribution in [0.1, 0.15) is 45.4 Å². The molecule has 0 N–H and O–H groups in total. The van der Waals surface area contributed by atoms with Gasteiger partial charge in [-0.3, -0.25) is 0 Å². The number of hydrogen-bond acceptors (Lipinski definition) is 3. The maximum Gasteiger partial charge on any atom is 0.384 e. The lowest BCUT2D eigenvalue weighted by molar-refractivity contribution is -0.144. The number of hydrogen-bond donors (Lipinski definition) is 0. The van der Waals surface area contributed by atoms with E-state index in [-0.39, 0.29) is 6.42 Å². The van der Waals surface area contributed by atoms with Crippen LogP contribution in [-0.4, -0.2) is 24.4 Å². The first kappa shape index (κ1) is 16.7. The Morgan fingerprint density at radius 1 is 1.09 bits per heavy atom. The van der Waals surface area contributed by atoms with Crippen LogP contribution in [-0.2, 0) is 9.53 Å². The van der Waals surface area contributed by atoms with E-state index in [9.17, 15) is 13.6 Å². The largest absolute Gasteiger partial charge is 0.453 e. The molecule has 0 bridgehead atoms. The van der Waals surface area contributed by atoms with Crippen molar-refractivity contribution in [3.63, 3.8) is 0 Å². The molecule has 2 rings (SSSR count). The van der Waals surface area contributed by atoms with Gasteiger partial charge in [0.05, 0.1) is 17.9 Å². The van der Waals surface area contributed by atoms with Gasteiger partial charge in [0.2, 0.25) is 0 Å². The summed E-state index contributed by atoms with van der Waals surface area (Å²) >= 11 is 0. The molecule has 2 saturated carbocycles. The average Bonchev–Trinajstić information content (AvgIpc) is 2.46. The second kappa shape index (κ2) is 7.58. The number of rotatable bonds is 1. The Morgan fingerprint density at radius 2 is 1.77 bits per heavy atom. The van der Waals surface area contributed by atoms with Gasteiger partial charge in [-0.1, -0.05) is 12.8 Å². The summed E-state index contributed by atoms with van der Waals surface area (Å²) < 4.78 is 32.5. The van der Waals surface area contributed by atoms with Gasteiger partial charge >= 0.3 is 5.97 Å². The van der Waals surface area contributed by atoms with Crippen molar-refractivity contribution >= 4 is 5.97 Å². The predicted octanol–water partition coefficient (Wildman–Crippen LogP) is 3.34. The minimum absolute atomic E-state index is 0.0400. The number of ether oxygens (including phenoxy) is 1. The molecule has 6 unspecified atom stereocenters. The summed E-state index contributed by atoms with van der Waals surface area (Å²) in [6, 6.07) is 1.92. The van der Waals surface area contributed by atoms with Crippen LogP contribution in [0.3, 0.4) is 0 Å². The first-order valence-corrected chi connectivity index (χ1v) is 7.89. The lowest BCUT2D eigenvalue weighted by Gasteiger charge is -2.27. The van der Waals surface area contributed by atoms with Crippen LogP contribution in [0.25, 0.3) is 0 Å². The van der Waals surface area contributed by atoms with Gasteiger partial charge in [-0.25, -0.2) is 13.6 Å². The summed E-state index contributed by atoms with van der Waals surface area (Å²) in [4.78, 5) is 11.7. The quantitative estimate of drug-likeness (QED) is 0.424. The maximum atomic E-state index is 13.8. The van der Waals surface area contributed by atoms with Crippen LogP contribution in [0, 0.1) is 40.9 Å². The molecule has 0 aromatic rings. The SMILES string of the molecule is CC1CCC(C#CC(=O)OC2CCC(C#N)C(F)C2)C(F)C1. The molecule has 6 atom stereocenters. The Kier molecular flexibility index (Phi) is 5.77. The van der Waals surface area contributed by atoms with Gasteiger partial charge in [-0.05, 0) is 38.0 Å². The van der Waals surface area contributed by atoms with E-state index in [4.69, 9.17) is 10.00 Å². The molecule has 0 aromatic carbocycles. The second-order valence-electron chi connectivity index (χ2n) is 6.40. The third-order valence-corrected chi connectivity index (χ3v) is 4.56. The zero-order chi connectivity index (χ0) is 16.1. The fourth-order valence-electron chi connectivity index (χ4n) is 3.14. The van der Waals surface area contributed by atoms with Crippen molar-refractivity contribution in [2.75, 3.05) is 0 Å². The van der Waals surface area contributed by atoms with Gasteiger partial charge in [0.25, 0.3) is 0 Å². The van der Waals surface area contributed by atoms with E-state index in [0.29, 0.717) is 31.6 Å². The van der Waals surface area contributed by atoms with E-state index in [1.807, 2.05) is 13.0 Å². The Labute approximate surface area is 130 Å². The van der Waals surface area contributed by atoms with Gasteiger partial charge in [0.1, 0.15) is 18.4 Å². The van der Waals surface area contributed by atoms with Gasteiger partial charge < -0.3 is 4.74 Å². The number of alkyl halides is 2. The summed E-state index contributed by atoms with van der Waals surface area (Å²) in [5.41, 5.74) is 0. The lowest BCUT2D eigenvalue weighted by atomic mass is 9.82. The monoisotopic (exact) mass is 309 g/mol. The number of carbonyl (C=O) groups excluding carboxylic acids is 1. The molecule has 0 spiro atoms. The highest BCUT2D eigenvalue weighted by molar-refractivity contribution is 5.88. The van der Waals surface area contributed by atoms with Crippen molar-refractivity contribution in [1.82, 2.24) is 0 Å². The topological polar surface area (TPSA) is 50.1 Å². The summed E-state index contributed by atoms with van der Waals surface area (Å²) in [6.45, 7) is 2.01. The Hall–Kier alpha value is -1.62. The highest BCUT2D eigenvalue weighted by atomic mass is 19.1. The minimum Gasteiger partial charge on any atom is -0.453 e. The molecule has 0 aliphatic heterocycles. The normalized spacial score (nSPS) is 38.3. The Bertz CT molecular complexity index is 505. The number of nitriles is 1. The zero-order valence-electron chi connectivity index (χ0n) is 12.7. The van der Waals surface area contributed by atoms with Crippen molar-refractivity contribution in [3.05, 3.63) is 0 Å². The Morgan fingerprint density at radius 3 is 2.41 bits per heavy atom. The zero-order valence-corrected chi connectivity index (χ0v) is 12.7. The predicted molar refractivity (Wildman–Crippen MR) is 76.9 cm³/mol. The maximum absolute atomic E-state index is 13.8. The molecule has 0 aromatic heterocycles. The highest BCUT2D eigenvalue weighted by Crippen LogP contribution is 2.31. The second-order valence-corrected chi connectivity index (χ2v) is 6.40. The lowest BCUT2D eigenvalue weighted by Crippen LogP contribution is -2.31. The van der Waals surface area contributed by atoms with Crippen molar-refractivity contribution in [2.24, 2.45) is 17.8 Å². The highest BCUT2D eigenvalue weighted by Gasteiger charge is 2.32. The first-order chi connectivity index (χ1) is 10.5. The number of esters is 1. The third-order valence-electron chi connectivity index (χ3n) is 4.56. The molecule has 120 valence electrons. The van der Waals surface area contributed by atoms with Crippen molar-refractivity contribution in [2.45, 2.75) is 63.9 Å². The fraction of sp³-hybridized carbons (Fsp3) is 0.765. The van der Waals surface area contributed by atoms with E-state index >= 15 is 0 Å². The molecule has 0 amide bonds. The van der Waals surface area contributed by atoms with Crippen LogP contribution in [0.15, 0.2) is 0 Å². The first-order valence-electron chi connectivity index (χ1n) is 7.89. The van der Waals surface area contributed by atoms with Gasteiger partial charge in [-0.2, -0.15) is 5.26 Å². The molecule has 22 heavy (non-hydrogen) atoms. The molecule has 3 nitrogen and oxygen atoms in total. The molecule has 2 aliphatic carbocycles. The van der Waals surface area contributed by atoms with Gasteiger partial charge in [0.15, 0.2) is 0 Å². The van der Waals surface area contributed by atoms with E-state index < -0.39 is 36.3 Å². The van der Waals surface area contributed by atoms with E-state index in [2.05, 4.69) is 11.8 Å². The summed E-state index contributed by atoms with van der Waals surface area (Å²) in [6.07, 6.45) is 0.154. The van der Waals surface area contributed by atoms with Crippen LogP contribution in [0.2, 0.25) is 0 Å². The smallest absolute Gasteiger partial charge is 0.384 e. The number of halogens is 2. The van der Waals surface area contributed by atoms with Gasteiger partial charge in [-0.15, -0.1) is 0 Å². The molecule has 5 heteroatoms. The van der Waals surface area contributed by atoms with Crippen molar-refractivity contribution in [1.29, 1.82) is 5.26 Å². The molecule has 0 heterocycles. The fourth-order valence-corrected chi connectivity index (χ4v) is 3.14. The molecule has 2 fully saturated rings. The van der Waals surface area contributed by atoms with Crippen LogP contribution < -0.4 is 0 Å². The summed E-state index contributed by atoms with van der Waals surface area (Å²) in [5, 5.41) is 8.75. The molecular weight excluding hydrogens is 288 g/mol. The molecule has 0 radical (unpaired) electrons. The minimum atomic E-state index is -1.26. The van der Waals surface area contributed by atoms with Crippen LogP contribution in [0.5, 0.6) is 0 Å². The molecule has 0 saturated heterocycles.